The molecule has 3 nitrogen and oxygen atoms in total. The quantitative estimate of drug-likeness (QED) is 0.390. The largest absolute Gasteiger partial charge is 0.497 e. The zero-order chi connectivity index (χ0) is 16.4. The average molecular weight is 310 g/mol. The van der Waals surface area contributed by atoms with E-state index in [2.05, 4.69) is 33.9 Å². The molecule has 2 aromatic heterocycles. The molecular formula is C21H14N2O. The van der Waals surface area contributed by atoms with E-state index < -0.39 is 0 Å². The molecule has 0 aliphatic heterocycles. The molecule has 0 amide bonds. The van der Waals surface area contributed by atoms with Gasteiger partial charge in [-0.2, -0.15) is 0 Å². The third-order valence-corrected chi connectivity index (χ3v) is 3.91. The molecule has 0 saturated carbocycles. The number of methoxy groups -OCH3 is 1. The average Bonchev–Trinajstić information content (AvgIpc) is 2.66. The summed E-state index contributed by atoms with van der Waals surface area (Å²) in [6.45, 7) is 0. The second-order valence-electron chi connectivity index (χ2n) is 5.37. The molecule has 3 heteroatoms. The van der Waals surface area contributed by atoms with Crippen LogP contribution in [0.1, 0.15) is 11.1 Å². The van der Waals surface area contributed by atoms with Crippen LogP contribution in [0.2, 0.25) is 0 Å². The number of ether oxygens (including phenoxy) is 1. The normalized spacial score (nSPS) is 10.4. The van der Waals surface area contributed by atoms with Crippen LogP contribution in [0.3, 0.4) is 0 Å². The van der Waals surface area contributed by atoms with Crippen molar-refractivity contribution in [1.29, 1.82) is 0 Å². The zero-order valence-electron chi connectivity index (χ0n) is 13.2. The van der Waals surface area contributed by atoms with Crippen molar-refractivity contribution in [2.75, 3.05) is 7.11 Å². The lowest BCUT2D eigenvalue weighted by Gasteiger charge is -2.03. The molecule has 24 heavy (non-hydrogen) atoms. The van der Waals surface area contributed by atoms with Gasteiger partial charge in [0.05, 0.1) is 18.1 Å². The van der Waals surface area contributed by atoms with Crippen LogP contribution in [-0.4, -0.2) is 17.1 Å². The zero-order valence-corrected chi connectivity index (χ0v) is 13.2. The van der Waals surface area contributed by atoms with Crippen molar-refractivity contribution >= 4 is 21.8 Å². The summed E-state index contributed by atoms with van der Waals surface area (Å²) in [5.74, 6) is 7.27. The lowest BCUT2D eigenvalue weighted by molar-refractivity contribution is 0.415. The van der Waals surface area contributed by atoms with Gasteiger partial charge in [0, 0.05) is 34.3 Å². The number of rotatable bonds is 1. The molecule has 0 aliphatic carbocycles. The predicted molar refractivity (Wildman–Crippen MR) is 96.0 cm³/mol. The predicted octanol–water partition coefficient (Wildman–Crippen LogP) is 4.19. The van der Waals surface area contributed by atoms with Crippen molar-refractivity contribution in [3.63, 3.8) is 0 Å². The number of fused-ring (bicyclic) bond motifs is 3. The molecule has 0 N–H and O–H groups in total. The van der Waals surface area contributed by atoms with Crippen molar-refractivity contribution < 1.29 is 4.74 Å². The van der Waals surface area contributed by atoms with Crippen LogP contribution >= 0.6 is 0 Å². The fourth-order valence-electron chi connectivity index (χ4n) is 2.68. The minimum atomic E-state index is 0.826. The van der Waals surface area contributed by atoms with Crippen molar-refractivity contribution in [1.82, 2.24) is 9.97 Å². The van der Waals surface area contributed by atoms with Crippen molar-refractivity contribution in [3.8, 4) is 17.6 Å². The molecule has 0 spiro atoms. The first-order valence-corrected chi connectivity index (χ1v) is 7.64. The molecule has 0 fully saturated rings. The minimum absolute atomic E-state index is 0.826. The molecule has 2 heterocycles. The Morgan fingerprint density at radius 1 is 0.792 bits per heavy atom. The van der Waals surface area contributed by atoms with Crippen LogP contribution in [0, 0.1) is 11.8 Å². The Balaban J connectivity index is 1.82. The minimum Gasteiger partial charge on any atom is -0.497 e. The number of nitrogens with zero attached hydrogens (tertiary/aromatic N) is 2. The van der Waals surface area contributed by atoms with Crippen LogP contribution in [0.25, 0.3) is 21.8 Å². The molecule has 4 aromatic rings. The van der Waals surface area contributed by atoms with Crippen molar-refractivity contribution in [2.45, 2.75) is 0 Å². The molecule has 0 bridgehead atoms. The van der Waals surface area contributed by atoms with E-state index in [0.29, 0.717) is 0 Å². The van der Waals surface area contributed by atoms with Crippen LogP contribution in [0.5, 0.6) is 5.75 Å². The van der Waals surface area contributed by atoms with Gasteiger partial charge < -0.3 is 4.74 Å². The SMILES string of the molecule is COc1ccc(C#Cc2ccnc3c2ccc2cccnc23)cc1. The summed E-state index contributed by atoms with van der Waals surface area (Å²) in [5.41, 5.74) is 3.68. The Kier molecular flexibility index (Phi) is 3.57. The first-order valence-electron chi connectivity index (χ1n) is 7.64. The van der Waals surface area contributed by atoms with Gasteiger partial charge in [0.15, 0.2) is 0 Å². The highest BCUT2D eigenvalue weighted by Gasteiger charge is 2.05. The number of hydrogen-bond acceptors (Lipinski definition) is 3. The third kappa shape index (κ3) is 2.55. The maximum Gasteiger partial charge on any atom is 0.118 e. The Labute approximate surface area is 139 Å². The summed E-state index contributed by atoms with van der Waals surface area (Å²) in [7, 11) is 1.65. The van der Waals surface area contributed by atoms with Gasteiger partial charge in [-0.05, 0) is 36.4 Å². The van der Waals surface area contributed by atoms with E-state index in [-0.39, 0.29) is 0 Å². The monoisotopic (exact) mass is 310 g/mol. The standard InChI is InChI=1S/C21H14N2O/c1-24-18-9-5-15(6-10-18)4-7-16-12-14-23-21-19(16)11-8-17-3-2-13-22-20(17)21/h2-3,5-6,8-14H,1H3. The van der Waals surface area contributed by atoms with E-state index in [0.717, 1.165) is 38.7 Å². The van der Waals surface area contributed by atoms with Gasteiger partial charge >= 0.3 is 0 Å². The third-order valence-electron chi connectivity index (χ3n) is 3.91. The van der Waals surface area contributed by atoms with Gasteiger partial charge in [-0.1, -0.05) is 30.0 Å². The summed E-state index contributed by atoms with van der Waals surface area (Å²) < 4.78 is 5.17. The van der Waals surface area contributed by atoms with Gasteiger partial charge in [-0.25, -0.2) is 0 Å². The van der Waals surface area contributed by atoms with Gasteiger partial charge in [0.25, 0.3) is 0 Å². The lowest BCUT2D eigenvalue weighted by Crippen LogP contribution is -1.87. The Bertz CT molecular complexity index is 1090. The van der Waals surface area contributed by atoms with Gasteiger partial charge in [-0.15, -0.1) is 0 Å². The lowest BCUT2D eigenvalue weighted by atomic mass is 10.1. The second kappa shape index (κ2) is 6.02. The van der Waals surface area contributed by atoms with Crippen molar-refractivity contribution in [2.24, 2.45) is 0 Å². The summed E-state index contributed by atoms with van der Waals surface area (Å²) in [6.07, 6.45) is 3.58. The number of aromatic nitrogens is 2. The summed E-state index contributed by atoms with van der Waals surface area (Å²) in [5, 5.41) is 2.10. The number of pyridine rings is 2. The molecule has 2 aromatic carbocycles. The van der Waals surface area contributed by atoms with Crippen LogP contribution in [0.4, 0.5) is 0 Å². The molecule has 0 radical (unpaired) electrons. The van der Waals surface area contributed by atoms with Crippen LogP contribution in [0.15, 0.2) is 67.0 Å². The fourth-order valence-corrected chi connectivity index (χ4v) is 2.68. The highest BCUT2D eigenvalue weighted by molar-refractivity contribution is 6.04. The summed E-state index contributed by atoms with van der Waals surface area (Å²) in [4.78, 5) is 8.96. The smallest absolute Gasteiger partial charge is 0.118 e. The van der Waals surface area contributed by atoms with Crippen LogP contribution in [-0.2, 0) is 0 Å². The van der Waals surface area contributed by atoms with E-state index in [1.807, 2.05) is 42.5 Å². The van der Waals surface area contributed by atoms with E-state index in [9.17, 15) is 0 Å². The fraction of sp³-hybridized carbons (Fsp3) is 0.0476. The van der Waals surface area contributed by atoms with E-state index >= 15 is 0 Å². The Morgan fingerprint density at radius 3 is 2.46 bits per heavy atom. The first-order chi connectivity index (χ1) is 11.8. The number of benzene rings is 2. The highest BCUT2D eigenvalue weighted by atomic mass is 16.5. The Morgan fingerprint density at radius 2 is 1.62 bits per heavy atom. The van der Waals surface area contributed by atoms with Crippen molar-refractivity contribution in [3.05, 3.63) is 78.1 Å². The maximum absolute atomic E-state index is 5.17. The molecule has 0 atom stereocenters. The summed E-state index contributed by atoms with van der Waals surface area (Å²) >= 11 is 0. The summed E-state index contributed by atoms with van der Waals surface area (Å²) in [6, 6.07) is 17.8. The van der Waals surface area contributed by atoms with E-state index in [1.165, 1.54) is 0 Å². The van der Waals surface area contributed by atoms with E-state index in [4.69, 9.17) is 4.74 Å². The molecule has 114 valence electrons. The topological polar surface area (TPSA) is 35.0 Å². The molecular weight excluding hydrogens is 296 g/mol. The maximum atomic E-state index is 5.17. The molecule has 4 rings (SSSR count). The van der Waals surface area contributed by atoms with Crippen LogP contribution < -0.4 is 4.74 Å². The van der Waals surface area contributed by atoms with Gasteiger partial charge in [0.2, 0.25) is 0 Å². The second-order valence-corrected chi connectivity index (χ2v) is 5.37. The van der Waals surface area contributed by atoms with Gasteiger partial charge in [0.1, 0.15) is 5.75 Å². The molecule has 0 unspecified atom stereocenters. The number of hydrogen-bond donors (Lipinski definition) is 0. The van der Waals surface area contributed by atoms with Gasteiger partial charge in [-0.3, -0.25) is 9.97 Å². The Hall–Kier alpha value is -3.38. The van der Waals surface area contributed by atoms with E-state index in [1.54, 1.807) is 19.5 Å². The first kappa shape index (κ1) is 14.2. The molecule has 0 aliphatic rings. The molecule has 0 saturated heterocycles. The highest BCUT2D eigenvalue weighted by Crippen LogP contribution is 2.23.